The largest absolute Gasteiger partial charge is 0.228 e. The van der Waals surface area contributed by atoms with Crippen molar-refractivity contribution < 1.29 is 0 Å². The van der Waals surface area contributed by atoms with Gasteiger partial charge in [-0.05, 0) is 24.5 Å². The molecule has 1 aromatic heterocycles. The number of unbranched alkanes of at least 4 members (excludes halogenated alkanes) is 4. The maximum Gasteiger partial charge on any atom is 0.168 e. The van der Waals surface area contributed by atoms with Crippen molar-refractivity contribution in [2.45, 2.75) is 39.0 Å². The average Bonchev–Trinajstić information content (AvgIpc) is 2.76. The van der Waals surface area contributed by atoms with Gasteiger partial charge in [0.05, 0.1) is 10.2 Å². The van der Waals surface area contributed by atoms with Crippen molar-refractivity contribution in [1.29, 1.82) is 0 Å². The van der Waals surface area contributed by atoms with Crippen LogP contribution in [-0.2, 0) is 0 Å². The number of fused-ring (bicyclic) bond motifs is 1. The summed E-state index contributed by atoms with van der Waals surface area (Å²) in [6.45, 7) is 2.23. The molecular weight excluding hydrogens is 226 g/mol. The van der Waals surface area contributed by atoms with Crippen LogP contribution in [0.1, 0.15) is 44.0 Å². The summed E-state index contributed by atoms with van der Waals surface area (Å²) in [4.78, 5) is 4.49. The molecule has 0 aliphatic carbocycles. The number of aromatic nitrogens is 1. The van der Waals surface area contributed by atoms with Gasteiger partial charge in [0.25, 0.3) is 0 Å². The van der Waals surface area contributed by atoms with Crippen LogP contribution in [-0.4, -0.2) is 4.98 Å². The summed E-state index contributed by atoms with van der Waals surface area (Å²) < 4.78 is 1.22. The van der Waals surface area contributed by atoms with Gasteiger partial charge in [0.15, 0.2) is 5.01 Å². The molecule has 0 saturated carbocycles. The van der Waals surface area contributed by atoms with Crippen LogP contribution < -0.4 is 0 Å². The minimum absolute atomic E-state index is 0.946. The Morgan fingerprint density at radius 1 is 1.18 bits per heavy atom. The molecule has 2 aromatic rings. The second-order valence-electron chi connectivity index (χ2n) is 4.10. The molecule has 0 radical (unpaired) electrons. The summed E-state index contributed by atoms with van der Waals surface area (Å²) in [7, 11) is 0. The first kappa shape index (κ1) is 12.1. The second-order valence-corrected chi connectivity index (χ2v) is 5.13. The molecule has 1 aromatic carbocycles. The van der Waals surface area contributed by atoms with E-state index in [0.717, 1.165) is 16.9 Å². The van der Waals surface area contributed by atoms with E-state index in [1.807, 2.05) is 18.2 Å². The summed E-state index contributed by atoms with van der Waals surface area (Å²) in [6, 6.07) is 8.20. The quantitative estimate of drug-likeness (QED) is 0.564. The van der Waals surface area contributed by atoms with E-state index in [0.29, 0.717) is 0 Å². The fourth-order valence-corrected chi connectivity index (χ4v) is 2.54. The van der Waals surface area contributed by atoms with E-state index in [9.17, 15) is 0 Å². The third kappa shape index (κ3) is 3.57. The van der Waals surface area contributed by atoms with Gasteiger partial charge in [0, 0.05) is 6.42 Å². The van der Waals surface area contributed by atoms with Crippen molar-refractivity contribution in [2.24, 2.45) is 0 Å². The van der Waals surface area contributed by atoms with Gasteiger partial charge in [0.2, 0.25) is 0 Å². The van der Waals surface area contributed by atoms with E-state index >= 15 is 0 Å². The van der Waals surface area contributed by atoms with Crippen molar-refractivity contribution >= 4 is 21.6 Å². The minimum atomic E-state index is 0.946. The fraction of sp³-hybridized carbons (Fsp3) is 0.400. The highest BCUT2D eigenvalue weighted by Crippen LogP contribution is 2.20. The highest BCUT2D eigenvalue weighted by Gasteiger charge is 1.98. The third-order valence-corrected chi connectivity index (χ3v) is 3.60. The van der Waals surface area contributed by atoms with Gasteiger partial charge in [-0.15, -0.1) is 11.3 Å². The molecule has 0 fully saturated rings. The number of nitrogens with zero attached hydrogens (tertiary/aromatic N) is 1. The zero-order valence-corrected chi connectivity index (χ0v) is 11.0. The van der Waals surface area contributed by atoms with Crippen LogP contribution in [0.15, 0.2) is 24.3 Å². The van der Waals surface area contributed by atoms with Crippen LogP contribution in [0.2, 0.25) is 0 Å². The highest BCUT2D eigenvalue weighted by atomic mass is 32.1. The predicted octanol–water partition coefficient (Wildman–Crippen LogP) is 4.62. The Kier molecular flexibility index (Phi) is 4.58. The molecule has 0 N–H and O–H groups in total. The van der Waals surface area contributed by atoms with Gasteiger partial charge in [0.1, 0.15) is 0 Å². The van der Waals surface area contributed by atoms with Crippen LogP contribution in [0.4, 0.5) is 0 Å². The van der Waals surface area contributed by atoms with E-state index in [4.69, 9.17) is 0 Å². The maximum absolute atomic E-state index is 4.49. The van der Waals surface area contributed by atoms with Crippen molar-refractivity contribution in [2.75, 3.05) is 0 Å². The lowest BCUT2D eigenvalue weighted by Crippen LogP contribution is -1.75. The topological polar surface area (TPSA) is 12.9 Å². The van der Waals surface area contributed by atoms with Crippen LogP contribution in [0.3, 0.4) is 0 Å². The molecule has 0 unspecified atom stereocenters. The first-order chi connectivity index (χ1) is 8.40. The van der Waals surface area contributed by atoms with Crippen molar-refractivity contribution in [3.63, 3.8) is 0 Å². The number of para-hydroxylation sites is 1. The van der Waals surface area contributed by atoms with Gasteiger partial charge in [-0.25, -0.2) is 4.98 Å². The van der Waals surface area contributed by atoms with Crippen molar-refractivity contribution in [3.8, 4) is 11.8 Å². The van der Waals surface area contributed by atoms with Crippen molar-refractivity contribution in [1.82, 2.24) is 4.98 Å². The molecule has 0 spiro atoms. The number of hydrogen-bond donors (Lipinski definition) is 0. The Hall–Kier alpha value is -1.33. The molecule has 0 amide bonds. The zero-order valence-electron chi connectivity index (χ0n) is 10.2. The summed E-state index contributed by atoms with van der Waals surface area (Å²) in [5, 5.41) is 0.946. The first-order valence-electron chi connectivity index (χ1n) is 6.24. The van der Waals surface area contributed by atoms with Crippen LogP contribution in [0, 0.1) is 11.8 Å². The fourth-order valence-electron chi connectivity index (χ4n) is 1.70. The van der Waals surface area contributed by atoms with Crippen LogP contribution in [0.25, 0.3) is 10.2 Å². The van der Waals surface area contributed by atoms with E-state index in [2.05, 4.69) is 29.8 Å². The Bertz CT molecular complexity index is 497. The minimum Gasteiger partial charge on any atom is -0.228 e. The zero-order chi connectivity index (χ0) is 11.9. The smallest absolute Gasteiger partial charge is 0.168 e. The number of thiazole rings is 1. The second kappa shape index (κ2) is 6.42. The molecule has 0 bridgehead atoms. The van der Waals surface area contributed by atoms with Gasteiger partial charge < -0.3 is 0 Å². The summed E-state index contributed by atoms with van der Waals surface area (Å²) in [6.07, 6.45) is 6.11. The van der Waals surface area contributed by atoms with E-state index in [-0.39, 0.29) is 0 Å². The van der Waals surface area contributed by atoms with Crippen LogP contribution in [0.5, 0.6) is 0 Å². The molecule has 0 atom stereocenters. The first-order valence-corrected chi connectivity index (χ1v) is 7.06. The molecular formula is C15H17NS. The maximum atomic E-state index is 4.49. The Morgan fingerprint density at radius 3 is 2.88 bits per heavy atom. The van der Waals surface area contributed by atoms with Gasteiger partial charge in [-0.1, -0.05) is 44.2 Å². The van der Waals surface area contributed by atoms with Gasteiger partial charge in [-0.2, -0.15) is 0 Å². The summed E-state index contributed by atoms with van der Waals surface area (Å²) >= 11 is 1.68. The SMILES string of the molecule is CCCCCCC#Cc1nc2ccccc2s1. The number of hydrogen-bond acceptors (Lipinski definition) is 2. The average molecular weight is 243 g/mol. The summed E-state index contributed by atoms with van der Waals surface area (Å²) in [5.74, 6) is 6.39. The molecule has 2 rings (SSSR count). The number of benzene rings is 1. The Labute approximate surface area is 107 Å². The highest BCUT2D eigenvalue weighted by molar-refractivity contribution is 7.19. The molecule has 0 aliphatic rings. The lowest BCUT2D eigenvalue weighted by atomic mass is 10.2. The third-order valence-electron chi connectivity index (χ3n) is 2.64. The van der Waals surface area contributed by atoms with Gasteiger partial charge in [-0.3, -0.25) is 0 Å². The van der Waals surface area contributed by atoms with Crippen LogP contribution >= 0.6 is 11.3 Å². The molecule has 1 heterocycles. The monoisotopic (exact) mass is 243 g/mol. The van der Waals surface area contributed by atoms with E-state index in [1.54, 1.807) is 11.3 Å². The normalized spacial score (nSPS) is 10.2. The Balaban J connectivity index is 1.92. The lowest BCUT2D eigenvalue weighted by molar-refractivity contribution is 0.679. The van der Waals surface area contributed by atoms with E-state index < -0.39 is 0 Å². The van der Waals surface area contributed by atoms with Crippen molar-refractivity contribution in [3.05, 3.63) is 29.3 Å². The molecule has 1 nitrogen and oxygen atoms in total. The predicted molar refractivity (Wildman–Crippen MR) is 75.3 cm³/mol. The Morgan fingerprint density at radius 2 is 2.06 bits per heavy atom. The standard InChI is InChI=1S/C15H17NS/c1-2-3-4-5-6-7-12-15-16-13-10-8-9-11-14(13)17-15/h8-11H,2-6H2,1H3. The van der Waals surface area contributed by atoms with E-state index in [1.165, 1.54) is 30.4 Å². The molecule has 2 heteroatoms. The lowest BCUT2D eigenvalue weighted by Gasteiger charge is -1.91. The molecule has 17 heavy (non-hydrogen) atoms. The molecule has 88 valence electrons. The summed E-state index contributed by atoms with van der Waals surface area (Å²) in [5.41, 5.74) is 1.06. The number of rotatable bonds is 4. The van der Waals surface area contributed by atoms with Gasteiger partial charge >= 0.3 is 0 Å². The molecule has 0 saturated heterocycles. The molecule has 0 aliphatic heterocycles.